The number of hydrogen-bond donors (Lipinski definition) is 1. The normalized spacial score (nSPS) is 10.6. The van der Waals surface area contributed by atoms with Crippen molar-refractivity contribution in [3.05, 3.63) is 59.2 Å². The third-order valence-corrected chi connectivity index (χ3v) is 2.86. The first kappa shape index (κ1) is 12.0. The van der Waals surface area contributed by atoms with Crippen LogP contribution in [0.25, 0.3) is 16.9 Å². The maximum atomic E-state index is 11.0. The molecule has 0 spiro atoms. The minimum atomic E-state index is -0.454. The Labute approximate surface area is 113 Å². The summed E-state index contributed by atoms with van der Waals surface area (Å²) in [6.45, 7) is 0. The summed E-state index contributed by atoms with van der Waals surface area (Å²) >= 11 is 0. The number of rotatable bonds is 3. The molecule has 7 nitrogen and oxygen atoms in total. The van der Waals surface area contributed by atoms with Crippen molar-refractivity contribution in [3.63, 3.8) is 0 Å². The predicted molar refractivity (Wildman–Crippen MR) is 72.3 cm³/mol. The van der Waals surface area contributed by atoms with Crippen LogP contribution in [0.2, 0.25) is 0 Å². The fraction of sp³-hybridized carbons (Fsp3) is 0. The maximum absolute atomic E-state index is 11.0. The van der Waals surface area contributed by atoms with Gasteiger partial charge in [-0.25, -0.2) is 4.68 Å². The fourth-order valence-electron chi connectivity index (χ4n) is 1.95. The number of nitrogens with zero attached hydrogens (tertiary/aromatic N) is 3. The zero-order chi connectivity index (χ0) is 14.1. The molecule has 3 aromatic rings. The van der Waals surface area contributed by atoms with Gasteiger partial charge in [0.25, 0.3) is 5.69 Å². The number of nitro groups is 1. The van der Waals surface area contributed by atoms with Crippen molar-refractivity contribution in [2.45, 2.75) is 0 Å². The molecule has 2 heterocycles. The average molecular weight is 270 g/mol. The van der Waals surface area contributed by atoms with Gasteiger partial charge >= 0.3 is 0 Å². The topological polar surface area (TPSA) is 100 Å². The van der Waals surface area contributed by atoms with Crippen LogP contribution in [-0.4, -0.2) is 14.7 Å². The highest BCUT2D eigenvalue weighted by Crippen LogP contribution is 2.28. The van der Waals surface area contributed by atoms with Crippen molar-refractivity contribution in [1.82, 2.24) is 9.78 Å². The molecular weight excluding hydrogens is 260 g/mol. The molecule has 2 N–H and O–H groups in total. The van der Waals surface area contributed by atoms with Crippen molar-refractivity contribution >= 4 is 11.4 Å². The number of furan rings is 1. The Hall–Kier alpha value is -3.09. The van der Waals surface area contributed by atoms with E-state index in [1.807, 2.05) is 0 Å². The van der Waals surface area contributed by atoms with Crippen LogP contribution in [0.15, 0.2) is 53.5 Å². The Kier molecular flexibility index (Phi) is 2.72. The molecule has 0 aliphatic carbocycles. The van der Waals surface area contributed by atoms with E-state index in [1.165, 1.54) is 23.3 Å². The second-order valence-corrected chi connectivity index (χ2v) is 4.14. The van der Waals surface area contributed by atoms with Gasteiger partial charge in [-0.3, -0.25) is 10.1 Å². The van der Waals surface area contributed by atoms with Crippen LogP contribution in [0.1, 0.15) is 0 Å². The summed E-state index contributed by atoms with van der Waals surface area (Å²) in [6.07, 6.45) is 4.58. The average Bonchev–Trinajstić information content (AvgIpc) is 3.07. The smallest absolute Gasteiger partial charge is 0.294 e. The zero-order valence-corrected chi connectivity index (χ0v) is 10.3. The largest absolute Gasteiger partial charge is 0.472 e. The van der Waals surface area contributed by atoms with E-state index in [-0.39, 0.29) is 5.69 Å². The molecule has 0 saturated carbocycles. The molecule has 0 unspecified atom stereocenters. The number of aromatic nitrogens is 2. The number of anilines is 1. The highest BCUT2D eigenvalue weighted by molar-refractivity contribution is 5.72. The van der Waals surface area contributed by atoms with E-state index in [9.17, 15) is 10.1 Å². The molecule has 0 aliphatic heterocycles. The summed E-state index contributed by atoms with van der Waals surface area (Å²) in [5.41, 5.74) is 7.90. The second kappa shape index (κ2) is 4.54. The van der Waals surface area contributed by atoms with Gasteiger partial charge in [0.05, 0.1) is 29.3 Å². The maximum Gasteiger partial charge on any atom is 0.294 e. The van der Waals surface area contributed by atoms with Gasteiger partial charge in [0.1, 0.15) is 11.4 Å². The Morgan fingerprint density at radius 1 is 1.30 bits per heavy atom. The van der Waals surface area contributed by atoms with Crippen molar-refractivity contribution in [2.75, 3.05) is 5.73 Å². The lowest BCUT2D eigenvalue weighted by atomic mass is 10.2. The van der Waals surface area contributed by atoms with Crippen LogP contribution in [0.4, 0.5) is 11.4 Å². The molecule has 100 valence electrons. The first-order valence-electron chi connectivity index (χ1n) is 5.78. The summed E-state index contributed by atoms with van der Waals surface area (Å²) in [7, 11) is 0. The second-order valence-electron chi connectivity index (χ2n) is 4.14. The van der Waals surface area contributed by atoms with Crippen LogP contribution in [0.3, 0.4) is 0 Å². The molecule has 20 heavy (non-hydrogen) atoms. The summed E-state index contributed by atoms with van der Waals surface area (Å²) in [4.78, 5) is 10.6. The summed E-state index contributed by atoms with van der Waals surface area (Å²) < 4.78 is 6.39. The van der Waals surface area contributed by atoms with E-state index in [1.54, 1.807) is 30.5 Å². The SMILES string of the molecule is Nc1cn(-c2ccccc2[N+](=O)[O-])nc1-c1ccoc1. The molecule has 0 saturated heterocycles. The van der Waals surface area contributed by atoms with E-state index >= 15 is 0 Å². The monoisotopic (exact) mass is 270 g/mol. The molecule has 0 bridgehead atoms. The lowest BCUT2D eigenvalue weighted by Gasteiger charge is -2.01. The van der Waals surface area contributed by atoms with Crippen LogP contribution >= 0.6 is 0 Å². The van der Waals surface area contributed by atoms with Crippen LogP contribution in [0.5, 0.6) is 0 Å². The van der Waals surface area contributed by atoms with Gasteiger partial charge in [-0.05, 0) is 12.1 Å². The van der Waals surface area contributed by atoms with Gasteiger partial charge in [-0.2, -0.15) is 5.10 Å². The number of para-hydroxylation sites is 2. The van der Waals surface area contributed by atoms with Crippen molar-refractivity contribution in [3.8, 4) is 16.9 Å². The number of nitrogen functional groups attached to an aromatic ring is 1. The number of hydrogen-bond acceptors (Lipinski definition) is 5. The van der Waals surface area contributed by atoms with Gasteiger partial charge < -0.3 is 10.2 Å². The molecule has 0 fully saturated rings. The van der Waals surface area contributed by atoms with Crippen LogP contribution in [0, 0.1) is 10.1 Å². The number of benzene rings is 1. The Morgan fingerprint density at radius 3 is 2.80 bits per heavy atom. The fourth-order valence-corrected chi connectivity index (χ4v) is 1.95. The highest BCUT2D eigenvalue weighted by Gasteiger charge is 2.17. The van der Waals surface area contributed by atoms with Gasteiger partial charge in [0.2, 0.25) is 0 Å². The first-order valence-corrected chi connectivity index (χ1v) is 5.78. The van der Waals surface area contributed by atoms with E-state index in [4.69, 9.17) is 10.2 Å². The number of nitro benzene ring substituents is 1. The van der Waals surface area contributed by atoms with E-state index in [0.29, 0.717) is 17.1 Å². The lowest BCUT2D eigenvalue weighted by molar-refractivity contribution is -0.384. The summed E-state index contributed by atoms with van der Waals surface area (Å²) in [5.74, 6) is 0. The first-order chi connectivity index (χ1) is 9.66. The molecule has 7 heteroatoms. The Morgan fingerprint density at radius 2 is 2.10 bits per heavy atom. The lowest BCUT2D eigenvalue weighted by Crippen LogP contribution is -2.00. The highest BCUT2D eigenvalue weighted by atomic mass is 16.6. The quantitative estimate of drug-likeness (QED) is 0.582. The van der Waals surface area contributed by atoms with Crippen molar-refractivity contribution in [1.29, 1.82) is 0 Å². The summed E-state index contributed by atoms with van der Waals surface area (Å²) in [6, 6.07) is 8.07. The van der Waals surface area contributed by atoms with E-state index in [0.717, 1.165) is 5.56 Å². The Bertz CT molecular complexity index is 762. The molecule has 2 aromatic heterocycles. The zero-order valence-electron chi connectivity index (χ0n) is 10.3. The third kappa shape index (κ3) is 1.91. The predicted octanol–water partition coefficient (Wildman–Crippen LogP) is 2.62. The third-order valence-electron chi connectivity index (χ3n) is 2.86. The van der Waals surface area contributed by atoms with Gasteiger partial charge in [0, 0.05) is 11.6 Å². The molecular formula is C13H10N4O3. The van der Waals surface area contributed by atoms with E-state index in [2.05, 4.69) is 5.10 Å². The Balaban J connectivity index is 2.13. The van der Waals surface area contributed by atoms with Crippen LogP contribution in [-0.2, 0) is 0 Å². The molecule has 0 amide bonds. The minimum absolute atomic E-state index is 0.0336. The van der Waals surface area contributed by atoms with Gasteiger partial charge in [0.15, 0.2) is 0 Å². The molecule has 3 rings (SSSR count). The van der Waals surface area contributed by atoms with E-state index < -0.39 is 4.92 Å². The van der Waals surface area contributed by atoms with Crippen LogP contribution < -0.4 is 5.73 Å². The molecule has 0 aliphatic rings. The minimum Gasteiger partial charge on any atom is -0.472 e. The number of nitrogens with two attached hydrogens (primary N) is 1. The molecule has 0 atom stereocenters. The van der Waals surface area contributed by atoms with Crippen molar-refractivity contribution < 1.29 is 9.34 Å². The standard InChI is InChI=1S/C13H10N4O3/c14-10-7-16(15-13(10)9-5-6-20-8-9)11-3-1-2-4-12(11)17(18)19/h1-8H,14H2. The molecule has 1 aromatic carbocycles. The summed E-state index contributed by atoms with van der Waals surface area (Å²) in [5, 5.41) is 15.3. The van der Waals surface area contributed by atoms with Gasteiger partial charge in [-0.15, -0.1) is 0 Å². The van der Waals surface area contributed by atoms with Crippen molar-refractivity contribution in [2.24, 2.45) is 0 Å². The van der Waals surface area contributed by atoms with Gasteiger partial charge in [-0.1, -0.05) is 12.1 Å². The molecule has 0 radical (unpaired) electrons.